The number of methoxy groups -OCH3 is 1. The molecule has 130 valence electrons. The molecule has 0 N–H and O–H groups in total. The Morgan fingerprint density at radius 2 is 2.12 bits per heavy atom. The van der Waals surface area contributed by atoms with Crippen LogP contribution >= 0.6 is 0 Å². The first-order chi connectivity index (χ1) is 11.5. The molecule has 3 heterocycles. The van der Waals surface area contributed by atoms with Crippen LogP contribution in [0.3, 0.4) is 0 Å². The van der Waals surface area contributed by atoms with Gasteiger partial charge in [0.05, 0.1) is 18.7 Å². The van der Waals surface area contributed by atoms with Crippen LogP contribution in [0.15, 0.2) is 18.3 Å². The molecule has 6 heteroatoms. The first-order valence-electron chi connectivity index (χ1n) is 8.57. The number of fused-ring (bicyclic) bond motifs is 1. The Morgan fingerprint density at radius 1 is 1.33 bits per heavy atom. The van der Waals surface area contributed by atoms with Gasteiger partial charge in [-0.2, -0.15) is 0 Å². The van der Waals surface area contributed by atoms with E-state index in [0.717, 1.165) is 32.2 Å². The van der Waals surface area contributed by atoms with Crippen molar-refractivity contribution in [2.45, 2.75) is 51.1 Å². The normalized spacial score (nSPS) is 26.7. The van der Waals surface area contributed by atoms with Crippen molar-refractivity contribution in [1.29, 1.82) is 0 Å². The van der Waals surface area contributed by atoms with Gasteiger partial charge >= 0.3 is 0 Å². The van der Waals surface area contributed by atoms with Crippen molar-refractivity contribution in [1.82, 2.24) is 14.8 Å². The Morgan fingerprint density at radius 3 is 2.83 bits per heavy atom. The van der Waals surface area contributed by atoms with Crippen molar-refractivity contribution in [2.24, 2.45) is 0 Å². The van der Waals surface area contributed by atoms with Gasteiger partial charge in [-0.3, -0.25) is 9.59 Å². The molecule has 0 spiro atoms. The van der Waals surface area contributed by atoms with Crippen LogP contribution in [0.2, 0.25) is 0 Å². The zero-order valence-corrected chi connectivity index (χ0v) is 14.6. The fourth-order valence-corrected chi connectivity index (χ4v) is 4.38. The fraction of sp³-hybridized carbons (Fsp3) is 0.611. The van der Waals surface area contributed by atoms with E-state index in [2.05, 4.69) is 11.9 Å². The second-order valence-corrected chi connectivity index (χ2v) is 6.85. The molecule has 0 unspecified atom stereocenters. The molecule has 0 aliphatic carbocycles. The van der Waals surface area contributed by atoms with Crippen LogP contribution in [0, 0.1) is 0 Å². The number of likely N-dealkylation sites (tertiary alicyclic amines) is 2. The van der Waals surface area contributed by atoms with Crippen LogP contribution in [0.25, 0.3) is 0 Å². The number of ether oxygens (including phenoxy) is 1. The van der Waals surface area contributed by atoms with E-state index in [0.29, 0.717) is 18.0 Å². The van der Waals surface area contributed by atoms with Gasteiger partial charge in [0.1, 0.15) is 5.56 Å². The van der Waals surface area contributed by atoms with Gasteiger partial charge in [0.2, 0.25) is 11.8 Å². The number of aromatic nitrogens is 1. The molecule has 1 aromatic heterocycles. The molecule has 2 aliphatic heterocycles. The molecule has 3 rings (SSSR count). The molecule has 24 heavy (non-hydrogen) atoms. The zero-order chi connectivity index (χ0) is 17.3. The summed E-state index contributed by atoms with van der Waals surface area (Å²) in [7, 11) is 1.53. The number of pyridine rings is 1. The first kappa shape index (κ1) is 16.7. The van der Waals surface area contributed by atoms with E-state index < -0.39 is 0 Å². The SMILES string of the molecule is COc1ncccc1C(=O)N1CCC[C@@]2(C)[C@@H]1CCCN2C(C)=O. The Bertz CT molecular complexity index is 648. The second kappa shape index (κ2) is 6.42. The predicted molar refractivity (Wildman–Crippen MR) is 89.9 cm³/mol. The molecule has 2 fully saturated rings. The van der Waals surface area contributed by atoms with Crippen molar-refractivity contribution < 1.29 is 14.3 Å². The van der Waals surface area contributed by atoms with Crippen LogP contribution < -0.4 is 4.74 Å². The maximum atomic E-state index is 13.2. The number of hydrogen-bond donors (Lipinski definition) is 0. The number of carbonyl (C=O) groups excluding carboxylic acids is 2. The summed E-state index contributed by atoms with van der Waals surface area (Å²) in [5.74, 6) is 0.394. The maximum Gasteiger partial charge on any atom is 0.259 e. The Hall–Kier alpha value is -2.11. The molecule has 1 aromatic rings. The molecule has 2 saturated heterocycles. The fourth-order valence-electron chi connectivity index (χ4n) is 4.38. The van der Waals surface area contributed by atoms with Crippen LogP contribution in [-0.4, -0.2) is 58.4 Å². The minimum absolute atomic E-state index is 0.0429. The number of amides is 2. The molecule has 0 bridgehead atoms. The van der Waals surface area contributed by atoms with Crippen molar-refractivity contribution in [3.63, 3.8) is 0 Å². The summed E-state index contributed by atoms with van der Waals surface area (Å²) in [6.07, 6.45) is 5.30. The van der Waals surface area contributed by atoms with E-state index in [4.69, 9.17) is 4.74 Å². The minimum atomic E-state index is -0.284. The van der Waals surface area contributed by atoms with Gasteiger partial charge in [-0.25, -0.2) is 4.98 Å². The quantitative estimate of drug-likeness (QED) is 0.832. The van der Waals surface area contributed by atoms with Crippen LogP contribution in [-0.2, 0) is 4.79 Å². The summed E-state index contributed by atoms with van der Waals surface area (Å²) in [6, 6.07) is 3.55. The summed E-state index contributed by atoms with van der Waals surface area (Å²) in [4.78, 5) is 33.3. The van der Waals surface area contributed by atoms with E-state index in [1.165, 1.54) is 7.11 Å². The lowest BCUT2D eigenvalue weighted by Gasteiger charge is -2.56. The highest BCUT2D eigenvalue weighted by Gasteiger charge is 2.49. The number of rotatable bonds is 2. The molecule has 0 radical (unpaired) electrons. The Kier molecular flexibility index (Phi) is 4.47. The highest BCUT2D eigenvalue weighted by Crippen LogP contribution is 2.40. The number of nitrogens with zero attached hydrogens (tertiary/aromatic N) is 3. The number of hydrogen-bond acceptors (Lipinski definition) is 4. The molecule has 2 aliphatic rings. The van der Waals surface area contributed by atoms with E-state index in [1.54, 1.807) is 25.3 Å². The minimum Gasteiger partial charge on any atom is -0.480 e. The van der Waals surface area contributed by atoms with Crippen molar-refractivity contribution in [3.05, 3.63) is 23.9 Å². The van der Waals surface area contributed by atoms with Crippen LogP contribution in [0.4, 0.5) is 0 Å². The van der Waals surface area contributed by atoms with E-state index in [1.807, 2.05) is 9.80 Å². The molecule has 0 saturated carbocycles. The third kappa shape index (κ3) is 2.64. The summed E-state index contributed by atoms with van der Waals surface area (Å²) >= 11 is 0. The average molecular weight is 331 g/mol. The molecular weight excluding hydrogens is 306 g/mol. The van der Waals surface area contributed by atoms with E-state index >= 15 is 0 Å². The molecular formula is C18H25N3O3. The number of piperidine rings is 2. The molecule has 2 amide bonds. The third-order valence-electron chi connectivity index (χ3n) is 5.49. The predicted octanol–water partition coefficient (Wildman–Crippen LogP) is 2.10. The van der Waals surface area contributed by atoms with Gasteiger partial charge in [-0.05, 0) is 44.7 Å². The zero-order valence-electron chi connectivity index (χ0n) is 14.6. The third-order valence-corrected chi connectivity index (χ3v) is 5.49. The largest absolute Gasteiger partial charge is 0.480 e. The monoisotopic (exact) mass is 331 g/mol. The van der Waals surface area contributed by atoms with Crippen molar-refractivity contribution >= 4 is 11.8 Å². The lowest BCUT2D eigenvalue weighted by Crippen LogP contribution is -2.67. The highest BCUT2D eigenvalue weighted by molar-refractivity contribution is 5.96. The smallest absolute Gasteiger partial charge is 0.259 e. The second-order valence-electron chi connectivity index (χ2n) is 6.85. The lowest BCUT2D eigenvalue weighted by atomic mass is 9.76. The standard InChI is InChI=1S/C18H25N3O3/c1-13(22)21-12-5-8-15-18(21,2)9-6-11-20(15)17(23)14-7-4-10-19-16(14)24-3/h4,7,10,15H,5-6,8-9,11-12H2,1-3H3/t15-,18-/m0/s1. The first-order valence-corrected chi connectivity index (χ1v) is 8.57. The highest BCUT2D eigenvalue weighted by atomic mass is 16.5. The van der Waals surface area contributed by atoms with Gasteiger partial charge in [-0.15, -0.1) is 0 Å². The van der Waals surface area contributed by atoms with Crippen LogP contribution in [0.1, 0.15) is 49.9 Å². The van der Waals surface area contributed by atoms with E-state index in [-0.39, 0.29) is 23.4 Å². The van der Waals surface area contributed by atoms with Gasteiger partial charge in [0, 0.05) is 26.2 Å². The van der Waals surface area contributed by atoms with Gasteiger partial charge in [0.15, 0.2) is 0 Å². The van der Waals surface area contributed by atoms with Crippen molar-refractivity contribution in [2.75, 3.05) is 20.2 Å². The average Bonchev–Trinajstić information content (AvgIpc) is 2.59. The Labute approximate surface area is 142 Å². The maximum absolute atomic E-state index is 13.2. The van der Waals surface area contributed by atoms with Crippen molar-refractivity contribution in [3.8, 4) is 5.88 Å². The number of carbonyl (C=O) groups is 2. The lowest BCUT2D eigenvalue weighted by molar-refractivity contribution is -0.143. The molecule has 2 atom stereocenters. The van der Waals surface area contributed by atoms with Gasteiger partial charge in [0.25, 0.3) is 5.91 Å². The topological polar surface area (TPSA) is 62.7 Å². The van der Waals surface area contributed by atoms with Gasteiger partial charge in [-0.1, -0.05) is 0 Å². The summed E-state index contributed by atoms with van der Waals surface area (Å²) < 4.78 is 5.25. The summed E-state index contributed by atoms with van der Waals surface area (Å²) in [6.45, 7) is 5.24. The molecule has 0 aromatic carbocycles. The van der Waals surface area contributed by atoms with Gasteiger partial charge < -0.3 is 14.5 Å². The van der Waals surface area contributed by atoms with Crippen LogP contribution in [0.5, 0.6) is 5.88 Å². The molecule has 6 nitrogen and oxygen atoms in total. The summed E-state index contributed by atoms with van der Waals surface area (Å²) in [5, 5.41) is 0. The van der Waals surface area contributed by atoms with E-state index in [9.17, 15) is 9.59 Å². The summed E-state index contributed by atoms with van der Waals surface area (Å²) in [5.41, 5.74) is 0.206. The Balaban J connectivity index is 1.93.